The van der Waals surface area contributed by atoms with Gasteiger partial charge in [-0.3, -0.25) is 4.79 Å². The Bertz CT molecular complexity index is 492. The molecule has 5 nitrogen and oxygen atoms in total. The van der Waals surface area contributed by atoms with Gasteiger partial charge < -0.3 is 20.5 Å². The van der Waals surface area contributed by atoms with Gasteiger partial charge in [0.2, 0.25) is 5.91 Å². The summed E-state index contributed by atoms with van der Waals surface area (Å²) in [6, 6.07) is 7.14. The van der Waals surface area contributed by atoms with Gasteiger partial charge in [0, 0.05) is 18.8 Å². The number of para-hydroxylation sites is 1. The fourth-order valence-corrected chi connectivity index (χ4v) is 2.80. The minimum Gasteiger partial charge on any atom is -0.494 e. The first-order chi connectivity index (χ1) is 10.6. The lowest BCUT2D eigenvalue weighted by Gasteiger charge is -2.28. The van der Waals surface area contributed by atoms with E-state index in [1.54, 1.807) is 0 Å². The average molecular weight is 343 g/mol. The Morgan fingerprint density at radius 1 is 1.39 bits per heavy atom. The summed E-state index contributed by atoms with van der Waals surface area (Å²) in [5.74, 6) is 0.895. The zero-order chi connectivity index (χ0) is 15.9. The van der Waals surface area contributed by atoms with Crippen LogP contribution in [0.5, 0.6) is 5.75 Å². The van der Waals surface area contributed by atoms with E-state index in [9.17, 15) is 4.79 Å². The molecule has 1 saturated heterocycles. The molecule has 2 atom stereocenters. The third-order valence-electron chi connectivity index (χ3n) is 4.12. The number of benzene rings is 1. The molecule has 1 aromatic rings. The van der Waals surface area contributed by atoms with E-state index in [0.717, 1.165) is 24.2 Å². The molecule has 23 heavy (non-hydrogen) atoms. The van der Waals surface area contributed by atoms with Gasteiger partial charge in [0.1, 0.15) is 5.75 Å². The van der Waals surface area contributed by atoms with Crippen LogP contribution in [0.25, 0.3) is 0 Å². The zero-order valence-corrected chi connectivity index (χ0v) is 14.6. The molecule has 2 rings (SSSR count). The smallest absolute Gasteiger partial charge is 0.237 e. The monoisotopic (exact) mass is 342 g/mol. The van der Waals surface area contributed by atoms with Crippen LogP contribution in [0, 0.1) is 5.92 Å². The Kier molecular flexibility index (Phi) is 8.37. The van der Waals surface area contributed by atoms with E-state index in [1.807, 2.05) is 38.1 Å². The number of nitrogens with two attached hydrogens (primary N) is 1. The van der Waals surface area contributed by atoms with Crippen LogP contribution < -0.4 is 15.8 Å². The second kappa shape index (κ2) is 9.75. The van der Waals surface area contributed by atoms with Gasteiger partial charge in [-0.1, -0.05) is 18.2 Å². The number of ether oxygens (including phenoxy) is 2. The number of halogens is 1. The summed E-state index contributed by atoms with van der Waals surface area (Å²) in [6.45, 7) is 5.87. The van der Waals surface area contributed by atoms with E-state index in [4.69, 9.17) is 15.2 Å². The Hall–Kier alpha value is -1.30. The van der Waals surface area contributed by atoms with Crippen molar-refractivity contribution in [1.82, 2.24) is 5.32 Å². The van der Waals surface area contributed by atoms with E-state index in [2.05, 4.69) is 5.32 Å². The van der Waals surface area contributed by atoms with E-state index in [0.29, 0.717) is 19.8 Å². The summed E-state index contributed by atoms with van der Waals surface area (Å²) in [5, 5.41) is 3.01. The van der Waals surface area contributed by atoms with Crippen LogP contribution >= 0.6 is 12.4 Å². The van der Waals surface area contributed by atoms with Gasteiger partial charge in [0.25, 0.3) is 0 Å². The number of hydrogen-bond acceptors (Lipinski definition) is 4. The fourth-order valence-electron chi connectivity index (χ4n) is 2.80. The highest BCUT2D eigenvalue weighted by atomic mass is 35.5. The van der Waals surface area contributed by atoms with Crippen LogP contribution in [0.15, 0.2) is 24.3 Å². The first kappa shape index (κ1) is 19.7. The second-order valence-corrected chi connectivity index (χ2v) is 5.68. The van der Waals surface area contributed by atoms with E-state index in [-0.39, 0.29) is 30.3 Å². The van der Waals surface area contributed by atoms with Crippen LogP contribution in [0.1, 0.15) is 38.3 Å². The van der Waals surface area contributed by atoms with Gasteiger partial charge in [-0.25, -0.2) is 0 Å². The van der Waals surface area contributed by atoms with Gasteiger partial charge in [0.05, 0.1) is 18.7 Å². The molecule has 1 heterocycles. The summed E-state index contributed by atoms with van der Waals surface area (Å²) in [4.78, 5) is 12.4. The van der Waals surface area contributed by atoms with Crippen LogP contribution in [-0.2, 0) is 9.53 Å². The molecule has 1 aliphatic rings. The van der Waals surface area contributed by atoms with Gasteiger partial charge in [-0.2, -0.15) is 0 Å². The highest BCUT2D eigenvalue weighted by Crippen LogP contribution is 2.25. The lowest BCUT2D eigenvalue weighted by atomic mass is 9.91. The predicted octanol–water partition coefficient (Wildman–Crippen LogP) is 2.44. The van der Waals surface area contributed by atoms with Crippen molar-refractivity contribution >= 4 is 18.3 Å². The van der Waals surface area contributed by atoms with Crippen LogP contribution in [0.3, 0.4) is 0 Å². The summed E-state index contributed by atoms with van der Waals surface area (Å²) < 4.78 is 10.9. The molecular formula is C17H27ClN2O3. The van der Waals surface area contributed by atoms with Gasteiger partial charge >= 0.3 is 0 Å². The summed E-state index contributed by atoms with van der Waals surface area (Å²) in [6.07, 6.45) is 1.69. The molecule has 1 fully saturated rings. The first-order valence-electron chi connectivity index (χ1n) is 7.99. The molecule has 1 aliphatic heterocycles. The maximum Gasteiger partial charge on any atom is 0.237 e. The van der Waals surface area contributed by atoms with Crippen LogP contribution in [0.4, 0.5) is 0 Å². The number of hydrogen-bond donors (Lipinski definition) is 2. The molecular weight excluding hydrogens is 316 g/mol. The molecule has 0 bridgehead atoms. The number of nitrogens with one attached hydrogen (secondary N) is 1. The number of carbonyl (C=O) groups is 1. The van der Waals surface area contributed by atoms with Crippen LogP contribution in [-0.4, -0.2) is 31.8 Å². The maximum absolute atomic E-state index is 12.4. The average Bonchev–Trinajstić information content (AvgIpc) is 2.55. The minimum absolute atomic E-state index is 0. The standard InChI is InChI=1S/C17H26N2O3.ClH/c1-3-22-15-7-5-4-6-14(15)12(2)19-17(20)16(18)13-8-10-21-11-9-13;/h4-7,12-13,16H,3,8-11,18H2,1-2H3,(H,19,20);1H. The van der Waals surface area contributed by atoms with Crippen molar-refractivity contribution in [2.45, 2.75) is 38.8 Å². The third-order valence-corrected chi connectivity index (χ3v) is 4.12. The molecule has 1 aromatic carbocycles. The molecule has 0 spiro atoms. The quantitative estimate of drug-likeness (QED) is 0.832. The Morgan fingerprint density at radius 3 is 2.70 bits per heavy atom. The van der Waals surface area contributed by atoms with Crippen molar-refractivity contribution in [2.24, 2.45) is 11.7 Å². The third kappa shape index (κ3) is 5.37. The second-order valence-electron chi connectivity index (χ2n) is 5.68. The van der Waals surface area contributed by atoms with Gasteiger partial charge in [0.15, 0.2) is 0 Å². The minimum atomic E-state index is -0.481. The summed E-state index contributed by atoms with van der Waals surface area (Å²) in [5.41, 5.74) is 7.09. The van der Waals surface area contributed by atoms with E-state index >= 15 is 0 Å². The summed E-state index contributed by atoms with van der Waals surface area (Å²) >= 11 is 0. The largest absolute Gasteiger partial charge is 0.494 e. The molecule has 0 aromatic heterocycles. The molecule has 0 radical (unpaired) electrons. The first-order valence-corrected chi connectivity index (χ1v) is 7.99. The molecule has 1 amide bonds. The van der Waals surface area contributed by atoms with Crippen molar-refractivity contribution in [1.29, 1.82) is 0 Å². The molecule has 2 unspecified atom stereocenters. The predicted molar refractivity (Wildman–Crippen MR) is 92.9 cm³/mol. The molecule has 6 heteroatoms. The van der Waals surface area contributed by atoms with Gasteiger partial charge in [-0.05, 0) is 38.7 Å². The molecule has 0 saturated carbocycles. The van der Waals surface area contributed by atoms with E-state index in [1.165, 1.54) is 0 Å². The lowest BCUT2D eigenvalue weighted by molar-refractivity contribution is -0.125. The molecule has 3 N–H and O–H groups in total. The normalized spacial score (nSPS) is 17.7. The lowest BCUT2D eigenvalue weighted by Crippen LogP contribution is -2.47. The highest BCUT2D eigenvalue weighted by Gasteiger charge is 2.27. The number of rotatable bonds is 6. The SMILES string of the molecule is CCOc1ccccc1C(C)NC(=O)C(N)C1CCOCC1.Cl. The Labute approximate surface area is 144 Å². The maximum atomic E-state index is 12.4. The fraction of sp³-hybridized carbons (Fsp3) is 0.588. The van der Waals surface area contributed by atoms with Gasteiger partial charge in [-0.15, -0.1) is 12.4 Å². The molecule has 0 aliphatic carbocycles. The van der Waals surface area contributed by atoms with Crippen molar-refractivity contribution in [3.8, 4) is 5.75 Å². The highest BCUT2D eigenvalue weighted by molar-refractivity contribution is 5.85. The van der Waals surface area contributed by atoms with Crippen molar-refractivity contribution in [3.05, 3.63) is 29.8 Å². The molecule has 130 valence electrons. The topological polar surface area (TPSA) is 73.6 Å². The zero-order valence-electron chi connectivity index (χ0n) is 13.8. The Balaban J connectivity index is 0.00000264. The number of carbonyl (C=O) groups excluding carboxylic acids is 1. The van der Waals surface area contributed by atoms with E-state index < -0.39 is 6.04 Å². The van der Waals surface area contributed by atoms with Crippen molar-refractivity contribution in [3.63, 3.8) is 0 Å². The summed E-state index contributed by atoms with van der Waals surface area (Å²) in [7, 11) is 0. The van der Waals surface area contributed by atoms with Crippen LogP contribution in [0.2, 0.25) is 0 Å². The Morgan fingerprint density at radius 2 is 2.04 bits per heavy atom. The van der Waals surface area contributed by atoms with Crippen molar-refractivity contribution in [2.75, 3.05) is 19.8 Å². The number of amides is 1. The van der Waals surface area contributed by atoms with Crippen molar-refractivity contribution < 1.29 is 14.3 Å².